The zero-order chi connectivity index (χ0) is 12.3. The van der Waals surface area contributed by atoms with Crippen LogP contribution in [-0.4, -0.2) is 6.69 Å². The van der Waals surface area contributed by atoms with Gasteiger partial charge < -0.3 is 0 Å². The minimum Gasteiger partial charge on any atom is -0.134 e. The van der Waals surface area contributed by atoms with Crippen LogP contribution in [0.15, 0.2) is 61.2 Å². The predicted octanol–water partition coefficient (Wildman–Crippen LogP) is 3.36. The third kappa shape index (κ3) is 2.63. The maximum absolute atomic E-state index is 6.56. The van der Waals surface area contributed by atoms with Crippen molar-refractivity contribution in [2.24, 2.45) is 0 Å². The monoisotopic (exact) mass is 278 g/mol. The van der Waals surface area contributed by atoms with E-state index in [1.54, 1.807) is 6.08 Å². The Hall–Kier alpha value is -1.02. The zero-order valence-electron chi connectivity index (χ0n) is 9.24. The van der Waals surface area contributed by atoms with E-state index in [1.807, 2.05) is 54.6 Å². The maximum atomic E-state index is 6.56. The molecule has 0 saturated heterocycles. The zero-order valence-corrected chi connectivity index (χ0v) is 11.7. The van der Waals surface area contributed by atoms with Gasteiger partial charge in [-0.2, -0.15) is 0 Å². The summed E-state index contributed by atoms with van der Waals surface area (Å²) in [5.74, 6) is 0. The maximum Gasteiger partial charge on any atom is 0.310 e. The Kier molecular flexibility index (Phi) is 3.72. The predicted molar refractivity (Wildman–Crippen MR) is 79.7 cm³/mol. The molecule has 0 N–H and O–H groups in total. The fourth-order valence-electron chi connectivity index (χ4n) is 1.64. The van der Waals surface area contributed by atoms with Crippen molar-refractivity contribution in [2.45, 2.75) is 0 Å². The molecule has 0 nitrogen and oxygen atoms in total. The van der Waals surface area contributed by atoms with Crippen molar-refractivity contribution in [3.8, 4) is 0 Å². The summed E-state index contributed by atoms with van der Waals surface area (Å²) in [7, 11) is 0. The third-order valence-corrected chi connectivity index (χ3v) is 7.38. The van der Waals surface area contributed by atoms with Gasteiger partial charge in [0.05, 0.1) is 0 Å². The van der Waals surface area contributed by atoms with Crippen LogP contribution in [0.4, 0.5) is 0 Å². The number of halogens is 2. The molecule has 0 atom stereocenters. The lowest BCUT2D eigenvalue weighted by atomic mass is 10.2. The highest BCUT2D eigenvalue weighted by molar-refractivity contribution is 7.56. The van der Waals surface area contributed by atoms with Crippen LogP contribution in [0.25, 0.3) is 6.08 Å². The molecule has 0 aliphatic heterocycles. The Morgan fingerprint density at radius 3 is 1.88 bits per heavy atom. The molecule has 0 bridgehead atoms. The minimum atomic E-state index is -2.58. The van der Waals surface area contributed by atoms with Crippen molar-refractivity contribution in [1.29, 1.82) is 0 Å². The molecule has 0 amide bonds. The first-order chi connectivity index (χ1) is 8.14. The van der Waals surface area contributed by atoms with E-state index < -0.39 is 6.69 Å². The summed E-state index contributed by atoms with van der Waals surface area (Å²) in [4.78, 5) is 0. The molecule has 0 aromatic heterocycles. The molecular weight excluding hydrogens is 267 g/mol. The molecule has 0 spiro atoms. The molecule has 2 rings (SSSR count). The van der Waals surface area contributed by atoms with Crippen molar-refractivity contribution < 1.29 is 0 Å². The number of rotatable bonds is 3. The van der Waals surface area contributed by atoms with E-state index in [9.17, 15) is 0 Å². The summed E-state index contributed by atoms with van der Waals surface area (Å²) in [5, 5.41) is 2.01. The van der Waals surface area contributed by atoms with Crippen LogP contribution in [0.3, 0.4) is 0 Å². The van der Waals surface area contributed by atoms with Crippen molar-refractivity contribution in [3.05, 3.63) is 66.7 Å². The molecule has 86 valence electrons. The molecule has 2 aromatic carbocycles. The summed E-state index contributed by atoms with van der Waals surface area (Å²) in [6.07, 6.45) is 1.80. The largest absolute Gasteiger partial charge is 0.310 e. The minimum absolute atomic E-state index is 0.998. The van der Waals surface area contributed by atoms with Crippen molar-refractivity contribution in [1.82, 2.24) is 0 Å². The van der Waals surface area contributed by atoms with Gasteiger partial charge >= 0.3 is 6.69 Å². The van der Waals surface area contributed by atoms with Gasteiger partial charge in [0, 0.05) is 0 Å². The molecule has 0 saturated carbocycles. The number of hydrogen-bond acceptors (Lipinski definition) is 0. The van der Waals surface area contributed by atoms with Crippen molar-refractivity contribution in [3.63, 3.8) is 0 Å². The van der Waals surface area contributed by atoms with Gasteiger partial charge in [-0.25, -0.2) is 0 Å². The number of hydrogen-bond donors (Lipinski definition) is 0. The molecule has 0 heterocycles. The van der Waals surface area contributed by atoms with Crippen LogP contribution in [0.1, 0.15) is 5.56 Å². The first-order valence-corrected chi connectivity index (χ1v) is 9.33. The number of benzene rings is 2. The second-order valence-corrected chi connectivity index (χ2v) is 10.1. The third-order valence-electron chi connectivity index (χ3n) is 2.65. The van der Waals surface area contributed by atoms with E-state index in [0.717, 1.165) is 15.9 Å². The second kappa shape index (κ2) is 5.09. The standard InChI is InChI=1S/C14H12Cl2Si/c1-2-12-8-10-14(11-9-12)17(15,16)13-6-4-3-5-7-13/h2-11H,1H2. The van der Waals surface area contributed by atoms with Gasteiger partial charge in [0.2, 0.25) is 0 Å². The summed E-state index contributed by atoms with van der Waals surface area (Å²) >= 11 is 13.1. The summed E-state index contributed by atoms with van der Waals surface area (Å²) in [6, 6.07) is 17.8. The van der Waals surface area contributed by atoms with E-state index >= 15 is 0 Å². The normalized spacial score (nSPS) is 11.2. The van der Waals surface area contributed by atoms with Crippen LogP contribution in [-0.2, 0) is 0 Å². The Bertz CT molecular complexity index is 504. The quantitative estimate of drug-likeness (QED) is 0.597. The average molecular weight is 279 g/mol. The summed E-state index contributed by atoms with van der Waals surface area (Å²) < 4.78 is 0. The Morgan fingerprint density at radius 1 is 0.824 bits per heavy atom. The van der Waals surface area contributed by atoms with Crippen LogP contribution in [0, 0.1) is 0 Å². The highest BCUT2D eigenvalue weighted by atomic mass is 35.7. The van der Waals surface area contributed by atoms with E-state index in [1.165, 1.54) is 0 Å². The molecule has 0 unspecified atom stereocenters. The molecule has 2 aromatic rings. The summed E-state index contributed by atoms with van der Waals surface area (Å²) in [6.45, 7) is 1.15. The van der Waals surface area contributed by atoms with Crippen LogP contribution < -0.4 is 10.4 Å². The van der Waals surface area contributed by atoms with Gasteiger partial charge in [-0.3, -0.25) is 0 Å². The van der Waals surface area contributed by atoms with Crippen molar-refractivity contribution >= 4 is 45.3 Å². The molecule has 0 radical (unpaired) electrons. The van der Waals surface area contributed by atoms with Gasteiger partial charge in [-0.05, 0) is 15.9 Å². The highest BCUT2D eigenvalue weighted by Crippen LogP contribution is 2.15. The fraction of sp³-hybridized carbons (Fsp3) is 0. The summed E-state index contributed by atoms with van der Waals surface area (Å²) in [5.41, 5.74) is 1.07. The SMILES string of the molecule is C=Cc1ccc([Si](Cl)(Cl)c2ccccc2)cc1. The molecule has 0 aliphatic carbocycles. The van der Waals surface area contributed by atoms with E-state index in [0.29, 0.717) is 0 Å². The molecule has 3 heteroatoms. The molecule has 0 aliphatic rings. The van der Waals surface area contributed by atoms with Gasteiger partial charge in [-0.15, -0.1) is 22.2 Å². The Morgan fingerprint density at radius 2 is 1.35 bits per heavy atom. The fourth-order valence-corrected chi connectivity index (χ4v) is 4.68. The van der Waals surface area contributed by atoms with Crippen molar-refractivity contribution in [2.75, 3.05) is 0 Å². The van der Waals surface area contributed by atoms with Crippen LogP contribution >= 0.6 is 22.2 Å². The highest BCUT2D eigenvalue weighted by Gasteiger charge is 2.32. The first kappa shape index (κ1) is 12.4. The van der Waals surface area contributed by atoms with Gasteiger partial charge in [0.15, 0.2) is 0 Å². The first-order valence-electron chi connectivity index (χ1n) is 5.31. The van der Waals surface area contributed by atoms with Crippen LogP contribution in [0.2, 0.25) is 0 Å². The molecular formula is C14H12Cl2Si. The smallest absolute Gasteiger partial charge is 0.134 e. The van der Waals surface area contributed by atoms with E-state index in [-0.39, 0.29) is 0 Å². The van der Waals surface area contributed by atoms with Gasteiger partial charge in [-0.1, -0.05) is 67.3 Å². The molecule has 17 heavy (non-hydrogen) atoms. The topological polar surface area (TPSA) is 0 Å². The second-order valence-electron chi connectivity index (χ2n) is 3.77. The van der Waals surface area contributed by atoms with Gasteiger partial charge in [0.1, 0.15) is 0 Å². The molecule has 0 fully saturated rings. The lowest BCUT2D eigenvalue weighted by Crippen LogP contribution is -2.48. The lowest BCUT2D eigenvalue weighted by Gasteiger charge is -2.17. The van der Waals surface area contributed by atoms with Crippen LogP contribution in [0.5, 0.6) is 0 Å². The average Bonchev–Trinajstić information content (AvgIpc) is 2.40. The Balaban J connectivity index is 2.40. The van der Waals surface area contributed by atoms with E-state index in [4.69, 9.17) is 22.2 Å². The Labute approximate surface area is 112 Å². The van der Waals surface area contributed by atoms with E-state index in [2.05, 4.69) is 6.58 Å². The lowest BCUT2D eigenvalue weighted by molar-refractivity contribution is 1.70. The van der Waals surface area contributed by atoms with Gasteiger partial charge in [0.25, 0.3) is 0 Å².